The van der Waals surface area contributed by atoms with Crippen molar-refractivity contribution in [2.24, 2.45) is 10.9 Å². The van der Waals surface area contributed by atoms with Crippen LogP contribution in [0.2, 0.25) is 0 Å². The zero-order chi connectivity index (χ0) is 17.6. The van der Waals surface area contributed by atoms with E-state index in [9.17, 15) is 0 Å². The van der Waals surface area contributed by atoms with E-state index < -0.39 is 0 Å². The molecule has 1 aromatic heterocycles. The van der Waals surface area contributed by atoms with Crippen LogP contribution in [0, 0.1) is 5.92 Å². The molecule has 3 aromatic rings. The lowest BCUT2D eigenvalue weighted by molar-refractivity contribution is 0.289. The Labute approximate surface area is 149 Å². The molecule has 25 heavy (non-hydrogen) atoms. The summed E-state index contributed by atoms with van der Waals surface area (Å²) >= 11 is 0. The van der Waals surface area contributed by atoms with Crippen molar-refractivity contribution in [3.8, 4) is 5.75 Å². The summed E-state index contributed by atoms with van der Waals surface area (Å²) in [6.07, 6.45) is 2.92. The molecule has 2 aromatic carbocycles. The predicted molar refractivity (Wildman–Crippen MR) is 104 cm³/mol. The summed E-state index contributed by atoms with van der Waals surface area (Å²) in [7, 11) is 0. The average Bonchev–Trinajstić information content (AvgIpc) is 2.98. The van der Waals surface area contributed by atoms with Gasteiger partial charge in [-0.25, -0.2) is 9.98 Å². The van der Waals surface area contributed by atoms with Gasteiger partial charge in [-0.05, 0) is 61.2 Å². The van der Waals surface area contributed by atoms with Crippen molar-refractivity contribution in [3.63, 3.8) is 0 Å². The van der Waals surface area contributed by atoms with Gasteiger partial charge in [-0.15, -0.1) is 0 Å². The maximum Gasteiger partial charge on any atom is 0.230 e. The molecule has 4 nitrogen and oxygen atoms in total. The molecule has 0 atom stereocenters. The van der Waals surface area contributed by atoms with Crippen LogP contribution in [0.15, 0.2) is 53.5 Å². The molecule has 0 unspecified atom stereocenters. The number of nitrogens with zero attached hydrogens (tertiary/aromatic N) is 3. The zero-order valence-electron chi connectivity index (χ0n) is 15.1. The standard InChI is InChI=1S/C21H25N3O/c1-4-24-20-8-6-5-7-19(20)23-21(24)22-15-17-9-11-18(12-10-17)25-14-13-16(2)3/h5-12,15-16H,4,13-14H2,1-3H3/b22-15-. The van der Waals surface area contributed by atoms with E-state index in [2.05, 4.69) is 41.4 Å². The molecule has 0 aliphatic carbocycles. The van der Waals surface area contributed by atoms with E-state index in [0.717, 1.165) is 47.9 Å². The van der Waals surface area contributed by atoms with Gasteiger partial charge in [0.15, 0.2) is 0 Å². The highest BCUT2D eigenvalue weighted by molar-refractivity contribution is 5.83. The number of aromatic nitrogens is 2. The maximum absolute atomic E-state index is 5.75. The van der Waals surface area contributed by atoms with E-state index in [1.807, 2.05) is 48.7 Å². The van der Waals surface area contributed by atoms with Gasteiger partial charge in [-0.1, -0.05) is 26.0 Å². The van der Waals surface area contributed by atoms with Crippen molar-refractivity contribution < 1.29 is 4.74 Å². The lowest BCUT2D eigenvalue weighted by Crippen LogP contribution is -2.01. The van der Waals surface area contributed by atoms with E-state index in [0.29, 0.717) is 5.92 Å². The van der Waals surface area contributed by atoms with Crippen molar-refractivity contribution in [3.05, 3.63) is 54.1 Å². The first-order valence-electron chi connectivity index (χ1n) is 8.89. The topological polar surface area (TPSA) is 39.4 Å². The maximum atomic E-state index is 5.75. The number of hydrogen-bond acceptors (Lipinski definition) is 3. The molecular formula is C21H25N3O. The Morgan fingerprint density at radius 1 is 1.12 bits per heavy atom. The van der Waals surface area contributed by atoms with E-state index in [4.69, 9.17) is 4.74 Å². The molecule has 4 heteroatoms. The molecule has 0 N–H and O–H groups in total. The second kappa shape index (κ2) is 7.97. The first kappa shape index (κ1) is 17.2. The monoisotopic (exact) mass is 335 g/mol. The number of rotatable bonds is 7. The molecule has 0 spiro atoms. The first-order chi connectivity index (χ1) is 12.2. The van der Waals surface area contributed by atoms with Crippen LogP contribution in [0.25, 0.3) is 11.0 Å². The molecule has 0 fully saturated rings. The van der Waals surface area contributed by atoms with Gasteiger partial charge in [0.2, 0.25) is 5.95 Å². The molecule has 0 aliphatic heterocycles. The number of fused-ring (bicyclic) bond motifs is 1. The van der Waals surface area contributed by atoms with Crippen molar-refractivity contribution in [2.45, 2.75) is 33.7 Å². The molecule has 1 heterocycles. The smallest absolute Gasteiger partial charge is 0.230 e. The summed E-state index contributed by atoms with van der Waals surface area (Å²) < 4.78 is 7.87. The van der Waals surface area contributed by atoms with Crippen LogP contribution < -0.4 is 4.74 Å². The van der Waals surface area contributed by atoms with Crippen molar-refractivity contribution >= 4 is 23.2 Å². The lowest BCUT2D eigenvalue weighted by Gasteiger charge is -2.08. The van der Waals surface area contributed by atoms with Crippen molar-refractivity contribution in [1.29, 1.82) is 0 Å². The Balaban J connectivity index is 1.72. The van der Waals surface area contributed by atoms with Crippen LogP contribution in [0.4, 0.5) is 5.95 Å². The Bertz CT molecular complexity index is 847. The molecule has 0 saturated heterocycles. The third-order valence-corrected chi connectivity index (χ3v) is 4.12. The summed E-state index contributed by atoms with van der Waals surface area (Å²) in [5.41, 5.74) is 3.13. The number of imidazole rings is 1. The van der Waals surface area contributed by atoms with Crippen molar-refractivity contribution in [1.82, 2.24) is 9.55 Å². The second-order valence-corrected chi connectivity index (χ2v) is 6.50. The number of aryl methyl sites for hydroxylation is 1. The van der Waals surface area contributed by atoms with E-state index in [1.165, 1.54) is 0 Å². The van der Waals surface area contributed by atoms with Crippen LogP contribution in [-0.2, 0) is 6.54 Å². The number of para-hydroxylation sites is 2. The molecule has 0 saturated carbocycles. The molecule has 0 radical (unpaired) electrons. The fourth-order valence-corrected chi connectivity index (χ4v) is 2.67. The van der Waals surface area contributed by atoms with Crippen LogP contribution in [-0.4, -0.2) is 22.4 Å². The van der Waals surface area contributed by atoms with E-state index in [-0.39, 0.29) is 0 Å². The van der Waals surface area contributed by atoms with Gasteiger partial charge in [-0.2, -0.15) is 0 Å². The van der Waals surface area contributed by atoms with Gasteiger partial charge in [0.25, 0.3) is 0 Å². The molecular weight excluding hydrogens is 310 g/mol. The van der Waals surface area contributed by atoms with Gasteiger partial charge < -0.3 is 9.30 Å². The Hall–Kier alpha value is -2.62. The van der Waals surface area contributed by atoms with Gasteiger partial charge in [0.1, 0.15) is 5.75 Å². The first-order valence-corrected chi connectivity index (χ1v) is 8.89. The highest BCUT2D eigenvalue weighted by Gasteiger charge is 2.07. The summed E-state index contributed by atoms with van der Waals surface area (Å²) in [6.45, 7) is 8.11. The van der Waals surface area contributed by atoms with Crippen LogP contribution in [0.5, 0.6) is 5.75 Å². The summed E-state index contributed by atoms with van der Waals surface area (Å²) in [4.78, 5) is 9.20. The van der Waals surface area contributed by atoms with Crippen molar-refractivity contribution in [2.75, 3.05) is 6.61 Å². The Morgan fingerprint density at radius 2 is 1.88 bits per heavy atom. The highest BCUT2D eigenvalue weighted by atomic mass is 16.5. The average molecular weight is 335 g/mol. The third kappa shape index (κ3) is 4.27. The fourth-order valence-electron chi connectivity index (χ4n) is 2.67. The number of hydrogen-bond donors (Lipinski definition) is 0. The normalized spacial score (nSPS) is 11.7. The Morgan fingerprint density at radius 3 is 2.60 bits per heavy atom. The van der Waals surface area contributed by atoms with Gasteiger partial charge in [0.05, 0.1) is 17.6 Å². The van der Waals surface area contributed by atoms with Crippen LogP contribution >= 0.6 is 0 Å². The quantitative estimate of drug-likeness (QED) is 0.554. The number of ether oxygens (including phenoxy) is 1. The molecule has 130 valence electrons. The SMILES string of the molecule is CCn1c(/N=C\c2ccc(OCCC(C)C)cc2)nc2ccccc21. The fraction of sp³-hybridized carbons (Fsp3) is 0.333. The minimum Gasteiger partial charge on any atom is -0.494 e. The molecule has 0 bridgehead atoms. The van der Waals surface area contributed by atoms with E-state index >= 15 is 0 Å². The summed E-state index contributed by atoms with van der Waals surface area (Å²) in [5.74, 6) is 2.30. The molecule has 0 amide bonds. The lowest BCUT2D eigenvalue weighted by atomic mass is 10.1. The number of aliphatic imine (C=N–C) groups is 1. The Kier molecular flexibility index (Phi) is 5.49. The number of benzene rings is 2. The largest absolute Gasteiger partial charge is 0.494 e. The molecule has 3 rings (SSSR count). The van der Waals surface area contributed by atoms with Gasteiger partial charge in [0, 0.05) is 12.8 Å². The minimum atomic E-state index is 0.657. The summed E-state index contributed by atoms with van der Waals surface area (Å²) in [5, 5.41) is 0. The minimum absolute atomic E-state index is 0.657. The highest BCUT2D eigenvalue weighted by Crippen LogP contribution is 2.21. The van der Waals surface area contributed by atoms with Gasteiger partial charge >= 0.3 is 0 Å². The second-order valence-electron chi connectivity index (χ2n) is 6.50. The molecule has 0 aliphatic rings. The van der Waals surface area contributed by atoms with E-state index in [1.54, 1.807) is 0 Å². The van der Waals surface area contributed by atoms with Crippen LogP contribution in [0.3, 0.4) is 0 Å². The van der Waals surface area contributed by atoms with Gasteiger partial charge in [-0.3, -0.25) is 0 Å². The summed E-state index contributed by atoms with van der Waals surface area (Å²) in [6, 6.07) is 16.1. The predicted octanol–water partition coefficient (Wildman–Crippen LogP) is 5.23. The third-order valence-electron chi connectivity index (χ3n) is 4.12. The zero-order valence-corrected chi connectivity index (χ0v) is 15.1. The van der Waals surface area contributed by atoms with Crippen LogP contribution in [0.1, 0.15) is 32.8 Å².